The van der Waals surface area contributed by atoms with E-state index < -0.39 is 10.0 Å². The number of hydrogen-bond acceptors (Lipinski definition) is 6. The number of aromatic nitrogens is 1. The fourth-order valence-corrected chi connectivity index (χ4v) is 6.52. The van der Waals surface area contributed by atoms with Gasteiger partial charge < -0.3 is 10.1 Å². The summed E-state index contributed by atoms with van der Waals surface area (Å²) in [5.41, 5.74) is 1.36. The molecule has 1 aliphatic rings. The fraction of sp³-hybridized carbons (Fsp3) is 0.333. The minimum absolute atomic E-state index is 0.0513. The first kappa shape index (κ1) is 20.8. The number of hydrogen-bond donors (Lipinski definition) is 1. The number of carbonyl (C=O) groups excluding carboxylic acids is 1. The molecule has 1 N–H and O–H groups in total. The highest BCUT2D eigenvalue weighted by molar-refractivity contribution is 7.89. The molecule has 7 nitrogen and oxygen atoms in total. The van der Waals surface area contributed by atoms with Crippen LogP contribution in [0.15, 0.2) is 47.4 Å². The van der Waals surface area contributed by atoms with Gasteiger partial charge in [-0.05, 0) is 43.2 Å². The molecule has 0 bridgehead atoms. The van der Waals surface area contributed by atoms with Crippen molar-refractivity contribution in [2.24, 2.45) is 0 Å². The maximum absolute atomic E-state index is 13.5. The number of para-hydroxylation sites is 1. The van der Waals surface area contributed by atoms with E-state index in [1.165, 1.54) is 24.4 Å². The first-order chi connectivity index (χ1) is 14.4. The third-order valence-corrected chi connectivity index (χ3v) is 8.23. The van der Waals surface area contributed by atoms with Crippen molar-refractivity contribution in [3.05, 3.63) is 47.5 Å². The van der Waals surface area contributed by atoms with Gasteiger partial charge in [0.25, 0.3) is 0 Å². The molecule has 1 amide bonds. The van der Waals surface area contributed by atoms with Gasteiger partial charge in [-0.15, -0.1) is 11.3 Å². The highest BCUT2D eigenvalue weighted by Crippen LogP contribution is 2.36. The van der Waals surface area contributed by atoms with E-state index in [2.05, 4.69) is 5.32 Å². The Kier molecular flexibility index (Phi) is 5.77. The van der Waals surface area contributed by atoms with E-state index in [4.69, 9.17) is 9.72 Å². The zero-order valence-electron chi connectivity index (χ0n) is 16.8. The van der Waals surface area contributed by atoms with Gasteiger partial charge in [0.2, 0.25) is 15.9 Å². The molecule has 0 spiro atoms. The largest absolute Gasteiger partial charge is 0.495 e. The SMILES string of the molecule is COc1ccc(NC(C)=O)cc1S(=O)(=O)N1CCC[C@@H](c2nc3ccccc3s2)C1. The van der Waals surface area contributed by atoms with Gasteiger partial charge in [-0.2, -0.15) is 4.31 Å². The van der Waals surface area contributed by atoms with Crippen LogP contribution in [0.2, 0.25) is 0 Å². The Morgan fingerprint density at radius 2 is 2.07 bits per heavy atom. The number of nitrogens with one attached hydrogen (secondary N) is 1. The van der Waals surface area contributed by atoms with E-state index in [0.29, 0.717) is 18.8 Å². The number of thiazole rings is 1. The molecule has 1 fully saturated rings. The van der Waals surface area contributed by atoms with Crippen LogP contribution < -0.4 is 10.1 Å². The third-order valence-electron chi connectivity index (χ3n) is 5.15. The lowest BCUT2D eigenvalue weighted by molar-refractivity contribution is -0.114. The van der Waals surface area contributed by atoms with Gasteiger partial charge in [0, 0.05) is 31.6 Å². The predicted molar refractivity (Wildman–Crippen MR) is 118 cm³/mol. The number of piperidine rings is 1. The third kappa shape index (κ3) is 4.05. The van der Waals surface area contributed by atoms with Crippen LogP contribution in [0.25, 0.3) is 10.2 Å². The van der Waals surface area contributed by atoms with E-state index in [1.54, 1.807) is 23.5 Å². The summed E-state index contributed by atoms with van der Waals surface area (Å²) in [6, 6.07) is 12.6. The van der Waals surface area contributed by atoms with Crippen LogP contribution in [-0.2, 0) is 14.8 Å². The minimum Gasteiger partial charge on any atom is -0.495 e. The van der Waals surface area contributed by atoms with Crippen molar-refractivity contribution < 1.29 is 17.9 Å². The lowest BCUT2D eigenvalue weighted by atomic mass is 10.0. The van der Waals surface area contributed by atoms with Crippen LogP contribution in [0.4, 0.5) is 5.69 Å². The highest BCUT2D eigenvalue weighted by Gasteiger charge is 2.34. The summed E-state index contributed by atoms with van der Waals surface area (Å²) in [5, 5.41) is 3.60. The summed E-state index contributed by atoms with van der Waals surface area (Å²) in [6.45, 7) is 2.19. The Morgan fingerprint density at radius 1 is 1.27 bits per heavy atom. The number of ether oxygens (including phenoxy) is 1. The molecule has 1 aliphatic heterocycles. The van der Waals surface area contributed by atoms with Crippen molar-refractivity contribution in [1.82, 2.24) is 9.29 Å². The summed E-state index contributed by atoms with van der Waals surface area (Å²) in [6.07, 6.45) is 1.66. The first-order valence-electron chi connectivity index (χ1n) is 9.70. The smallest absolute Gasteiger partial charge is 0.246 e. The van der Waals surface area contributed by atoms with E-state index in [0.717, 1.165) is 28.1 Å². The Labute approximate surface area is 179 Å². The number of fused-ring (bicyclic) bond motifs is 1. The standard InChI is InChI=1S/C21H23N3O4S2/c1-14(25)22-16-9-10-18(28-2)20(12-16)30(26,27)24-11-5-6-15(13-24)21-23-17-7-3-4-8-19(17)29-21/h3-4,7-10,12,15H,5-6,11,13H2,1-2H3,(H,22,25)/t15-/m1/s1. The van der Waals surface area contributed by atoms with Crippen LogP contribution >= 0.6 is 11.3 Å². The van der Waals surface area contributed by atoms with Gasteiger partial charge in [0.15, 0.2) is 0 Å². The van der Waals surface area contributed by atoms with E-state index >= 15 is 0 Å². The Morgan fingerprint density at radius 3 is 2.80 bits per heavy atom. The van der Waals surface area contributed by atoms with Gasteiger partial charge in [0.05, 0.1) is 22.3 Å². The van der Waals surface area contributed by atoms with E-state index in [-0.39, 0.29) is 22.5 Å². The monoisotopic (exact) mass is 445 g/mol. The molecular formula is C21H23N3O4S2. The predicted octanol–water partition coefficient (Wildman–Crippen LogP) is 3.83. The van der Waals surface area contributed by atoms with Crippen LogP contribution in [0, 0.1) is 0 Å². The topological polar surface area (TPSA) is 88.6 Å². The lowest BCUT2D eigenvalue weighted by Gasteiger charge is -2.31. The molecule has 1 atom stereocenters. The zero-order valence-corrected chi connectivity index (χ0v) is 18.4. The number of amides is 1. The summed E-state index contributed by atoms with van der Waals surface area (Å²) < 4.78 is 34.9. The number of benzene rings is 2. The van der Waals surface area contributed by atoms with Gasteiger partial charge in [-0.25, -0.2) is 13.4 Å². The normalized spacial score (nSPS) is 17.7. The molecule has 0 aliphatic carbocycles. The molecule has 1 saturated heterocycles. The van der Waals surface area contributed by atoms with Crippen LogP contribution in [0.1, 0.15) is 30.7 Å². The molecule has 3 aromatic rings. The fourth-order valence-electron chi connectivity index (χ4n) is 3.73. The molecular weight excluding hydrogens is 422 g/mol. The second-order valence-electron chi connectivity index (χ2n) is 7.27. The Hall–Kier alpha value is -2.49. The summed E-state index contributed by atoms with van der Waals surface area (Å²) >= 11 is 1.62. The second kappa shape index (κ2) is 8.33. The average Bonchev–Trinajstić information content (AvgIpc) is 3.18. The highest BCUT2D eigenvalue weighted by atomic mass is 32.2. The second-order valence-corrected chi connectivity index (χ2v) is 10.2. The quantitative estimate of drug-likeness (QED) is 0.645. The van der Waals surface area contributed by atoms with Crippen LogP contribution in [0.5, 0.6) is 5.75 Å². The number of anilines is 1. The number of carbonyl (C=O) groups is 1. The molecule has 2 aromatic carbocycles. The van der Waals surface area contributed by atoms with Gasteiger partial charge in [0.1, 0.15) is 10.6 Å². The van der Waals surface area contributed by atoms with Crippen LogP contribution in [0.3, 0.4) is 0 Å². The molecule has 0 saturated carbocycles. The molecule has 1 aromatic heterocycles. The average molecular weight is 446 g/mol. The van der Waals surface area contributed by atoms with E-state index in [9.17, 15) is 13.2 Å². The number of sulfonamides is 1. The van der Waals surface area contributed by atoms with Gasteiger partial charge in [-0.1, -0.05) is 12.1 Å². The minimum atomic E-state index is -3.80. The van der Waals surface area contributed by atoms with Crippen molar-refractivity contribution >= 4 is 43.2 Å². The first-order valence-corrected chi connectivity index (χ1v) is 12.0. The number of methoxy groups -OCH3 is 1. The van der Waals surface area contributed by atoms with Crippen molar-refractivity contribution in [1.29, 1.82) is 0 Å². The summed E-state index contributed by atoms with van der Waals surface area (Å²) in [7, 11) is -2.36. The van der Waals surface area contributed by atoms with Crippen molar-refractivity contribution in [2.75, 3.05) is 25.5 Å². The molecule has 4 rings (SSSR count). The van der Waals surface area contributed by atoms with Gasteiger partial charge >= 0.3 is 0 Å². The maximum Gasteiger partial charge on any atom is 0.246 e. The number of nitrogens with zero attached hydrogens (tertiary/aromatic N) is 2. The molecule has 0 radical (unpaired) electrons. The molecule has 2 heterocycles. The maximum atomic E-state index is 13.5. The van der Waals surface area contributed by atoms with Crippen molar-refractivity contribution in [3.8, 4) is 5.75 Å². The van der Waals surface area contributed by atoms with Crippen LogP contribution in [-0.4, -0.2) is 43.8 Å². The zero-order chi connectivity index (χ0) is 21.3. The lowest BCUT2D eigenvalue weighted by Crippen LogP contribution is -2.39. The van der Waals surface area contributed by atoms with Crippen molar-refractivity contribution in [3.63, 3.8) is 0 Å². The van der Waals surface area contributed by atoms with Gasteiger partial charge in [-0.3, -0.25) is 4.79 Å². The summed E-state index contributed by atoms with van der Waals surface area (Å²) in [5.74, 6) is 0.0408. The molecule has 158 valence electrons. The summed E-state index contributed by atoms with van der Waals surface area (Å²) in [4.78, 5) is 16.2. The molecule has 30 heavy (non-hydrogen) atoms. The molecule has 9 heteroatoms. The van der Waals surface area contributed by atoms with E-state index in [1.807, 2.05) is 24.3 Å². The number of rotatable bonds is 5. The Bertz CT molecular complexity index is 1160. The Balaban J connectivity index is 1.64. The van der Waals surface area contributed by atoms with Crippen molar-refractivity contribution in [2.45, 2.75) is 30.6 Å². The molecule has 0 unspecified atom stereocenters.